The Balaban J connectivity index is 1.67. The first-order chi connectivity index (χ1) is 14.5. The molecule has 2 heterocycles. The van der Waals surface area contributed by atoms with Crippen molar-refractivity contribution in [1.29, 1.82) is 0 Å². The van der Waals surface area contributed by atoms with E-state index in [0.717, 1.165) is 11.3 Å². The molecular weight excluding hydrogens is 384 g/mol. The van der Waals surface area contributed by atoms with Crippen molar-refractivity contribution in [3.8, 4) is 11.5 Å². The van der Waals surface area contributed by atoms with Gasteiger partial charge in [-0.1, -0.05) is 37.2 Å². The van der Waals surface area contributed by atoms with Crippen LogP contribution in [0.4, 0.5) is 16.2 Å². The van der Waals surface area contributed by atoms with E-state index in [9.17, 15) is 4.79 Å². The first-order valence-electron chi connectivity index (χ1n) is 9.75. The Morgan fingerprint density at radius 2 is 2.00 bits per heavy atom. The number of urea groups is 1. The van der Waals surface area contributed by atoms with Crippen LogP contribution >= 0.6 is 0 Å². The van der Waals surface area contributed by atoms with Crippen LogP contribution in [0.5, 0.6) is 11.5 Å². The minimum Gasteiger partial charge on any atom is -0.497 e. The molecule has 2 aromatic carbocycles. The Morgan fingerprint density at radius 1 is 1.20 bits per heavy atom. The summed E-state index contributed by atoms with van der Waals surface area (Å²) in [6, 6.07) is 12.3. The van der Waals surface area contributed by atoms with Crippen LogP contribution in [0.15, 0.2) is 47.0 Å². The summed E-state index contributed by atoms with van der Waals surface area (Å²) in [7, 11) is 3.12. The molecule has 0 saturated carbocycles. The van der Waals surface area contributed by atoms with Gasteiger partial charge in [0.15, 0.2) is 5.82 Å². The average molecular weight is 408 g/mol. The van der Waals surface area contributed by atoms with Gasteiger partial charge in [-0.3, -0.25) is 4.90 Å². The number of amides is 2. The van der Waals surface area contributed by atoms with Crippen molar-refractivity contribution in [3.05, 3.63) is 59.7 Å². The smallest absolute Gasteiger partial charge is 0.327 e. The number of methoxy groups -OCH3 is 2. The van der Waals surface area contributed by atoms with Gasteiger partial charge in [0.05, 0.1) is 19.9 Å². The number of carbonyl (C=O) groups excluding carboxylic acids is 1. The number of fused-ring (bicyclic) bond motifs is 1. The van der Waals surface area contributed by atoms with E-state index >= 15 is 0 Å². The number of carbonyl (C=O) groups is 1. The summed E-state index contributed by atoms with van der Waals surface area (Å²) >= 11 is 0. The molecule has 1 aliphatic rings. The summed E-state index contributed by atoms with van der Waals surface area (Å²) in [6.45, 7) is 4.00. The zero-order chi connectivity index (χ0) is 21.3. The van der Waals surface area contributed by atoms with Crippen LogP contribution < -0.4 is 19.7 Å². The second-order valence-corrected chi connectivity index (χ2v) is 7.36. The lowest BCUT2D eigenvalue weighted by molar-refractivity contribution is 0.252. The average Bonchev–Trinajstić information content (AvgIpc) is 3.39. The van der Waals surface area contributed by atoms with Crippen molar-refractivity contribution in [2.24, 2.45) is 0 Å². The molecule has 1 aromatic heterocycles. The molecule has 2 amide bonds. The van der Waals surface area contributed by atoms with Gasteiger partial charge in [-0.15, -0.1) is 0 Å². The Morgan fingerprint density at radius 3 is 2.70 bits per heavy atom. The summed E-state index contributed by atoms with van der Waals surface area (Å²) in [4.78, 5) is 19.6. The standard InChI is InChI=1S/C22H24N4O4/c1-13(2)20-24-21(30-25-20)18-11-14-7-5-6-8-17(14)26(18)22(27)23-16-10-9-15(28-3)12-19(16)29-4/h5-10,12-13,18H,11H2,1-4H3,(H,23,27). The maximum absolute atomic E-state index is 13.4. The van der Waals surface area contributed by atoms with Crippen LogP contribution in [-0.2, 0) is 6.42 Å². The highest BCUT2D eigenvalue weighted by atomic mass is 16.5. The van der Waals surface area contributed by atoms with Crippen LogP contribution in [0.1, 0.15) is 43.1 Å². The van der Waals surface area contributed by atoms with Crippen LogP contribution in [-0.4, -0.2) is 30.4 Å². The Kier molecular flexibility index (Phi) is 5.31. The Bertz CT molecular complexity index is 1060. The van der Waals surface area contributed by atoms with E-state index in [4.69, 9.17) is 14.0 Å². The minimum absolute atomic E-state index is 0.136. The fraction of sp³-hybridized carbons (Fsp3) is 0.318. The molecule has 0 spiro atoms. The number of aromatic nitrogens is 2. The molecule has 1 aliphatic heterocycles. The second kappa shape index (κ2) is 8.06. The first-order valence-corrected chi connectivity index (χ1v) is 9.75. The van der Waals surface area contributed by atoms with E-state index in [-0.39, 0.29) is 18.0 Å². The summed E-state index contributed by atoms with van der Waals surface area (Å²) < 4.78 is 16.2. The van der Waals surface area contributed by atoms with Gasteiger partial charge >= 0.3 is 6.03 Å². The first kappa shape index (κ1) is 19.8. The third kappa shape index (κ3) is 3.56. The van der Waals surface area contributed by atoms with Crippen molar-refractivity contribution in [2.45, 2.75) is 32.2 Å². The number of benzene rings is 2. The third-order valence-electron chi connectivity index (χ3n) is 5.10. The fourth-order valence-corrected chi connectivity index (χ4v) is 3.53. The molecule has 0 bridgehead atoms. The summed E-state index contributed by atoms with van der Waals surface area (Å²) in [6.07, 6.45) is 0.600. The van der Waals surface area contributed by atoms with Crippen LogP contribution in [0.2, 0.25) is 0 Å². The lowest BCUT2D eigenvalue weighted by Crippen LogP contribution is -2.36. The number of hydrogen-bond acceptors (Lipinski definition) is 6. The van der Waals surface area contributed by atoms with Crippen LogP contribution in [0.25, 0.3) is 0 Å². The van der Waals surface area contributed by atoms with E-state index in [1.165, 1.54) is 0 Å². The van der Waals surface area contributed by atoms with Crippen molar-refractivity contribution in [3.63, 3.8) is 0 Å². The number of para-hydroxylation sites is 1. The van der Waals surface area contributed by atoms with Crippen LogP contribution in [0.3, 0.4) is 0 Å². The predicted molar refractivity (Wildman–Crippen MR) is 112 cm³/mol. The highest BCUT2D eigenvalue weighted by Crippen LogP contribution is 2.41. The van der Waals surface area contributed by atoms with Crippen molar-refractivity contribution >= 4 is 17.4 Å². The molecule has 0 aliphatic carbocycles. The summed E-state index contributed by atoms with van der Waals surface area (Å²) in [5.74, 6) is 2.33. The Hall–Kier alpha value is -3.55. The lowest BCUT2D eigenvalue weighted by atomic mass is 10.1. The molecule has 0 radical (unpaired) electrons. The van der Waals surface area contributed by atoms with Crippen molar-refractivity contribution < 1.29 is 18.8 Å². The number of anilines is 2. The molecule has 8 heteroatoms. The monoisotopic (exact) mass is 408 g/mol. The maximum atomic E-state index is 13.4. The lowest BCUT2D eigenvalue weighted by Gasteiger charge is -2.24. The van der Waals surface area contributed by atoms with Gasteiger partial charge in [-0.05, 0) is 23.8 Å². The topological polar surface area (TPSA) is 89.7 Å². The van der Waals surface area contributed by atoms with Gasteiger partial charge in [0.1, 0.15) is 17.5 Å². The number of hydrogen-bond donors (Lipinski definition) is 1. The van der Waals surface area contributed by atoms with Crippen LogP contribution in [0, 0.1) is 0 Å². The molecule has 1 atom stereocenters. The van der Waals surface area contributed by atoms with Gasteiger partial charge in [0, 0.05) is 24.1 Å². The summed E-state index contributed by atoms with van der Waals surface area (Å²) in [5.41, 5.74) is 2.40. The van der Waals surface area contributed by atoms with Gasteiger partial charge in [-0.2, -0.15) is 4.98 Å². The maximum Gasteiger partial charge on any atom is 0.327 e. The minimum atomic E-state index is -0.383. The Labute approximate surface area is 174 Å². The molecule has 0 fully saturated rings. The van der Waals surface area contributed by atoms with Crippen molar-refractivity contribution in [1.82, 2.24) is 10.1 Å². The number of ether oxygens (including phenoxy) is 2. The predicted octanol–water partition coefficient (Wildman–Crippen LogP) is 4.55. The normalized spacial score (nSPS) is 15.2. The molecule has 0 saturated heterocycles. The molecule has 30 heavy (non-hydrogen) atoms. The molecule has 8 nitrogen and oxygen atoms in total. The number of nitrogens with one attached hydrogen (secondary N) is 1. The molecule has 156 valence electrons. The van der Waals surface area contributed by atoms with E-state index in [0.29, 0.717) is 35.3 Å². The number of nitrogens with zero attached hydrogens (tertiary/aromatic N) is 3. The molecule has 1 N–H and O–H groups in total. The van der Waals surface area contributed by atoms with E-state index in [1.54, 1.807) is 37.3 Å². The third-order valence-corrected chi connectivity index (χ3v) is 5.10. The highest BCUT2D eigenvalue weighted by molar-refractivity contribution is 6.04. The highest BCUT2D eigenvalue weighted by Gasteiger charge is 2.38. The quantitative estimate of drug-likeness (QED) is 0.666. The van der Waals surface area contributed by atoms with Gasteiger partial charge in [0.2, 0.25) is 5.89 Å². The second-order valence-electron chi connectivity index (χ2n) is 7.36. The van der Waals surface area contributed by atoms with E-state index in [1.807, 2.05) is 38.1 Å². The summed E-state index contributed by atoms with van der Waals surface area (Å²) in [5, 5.41) is 7.01. The zero-order valence-corrected chi connectivity index (χ0v) is 17.4. The van der Waals surface area contributed by atoms with E-state index in [2.05, 4.69) is 15.5 Å². The molecule has 1 unspecified atom stereocenters. The van der Waals surface area contributed by atoms with E-state index < -0.39 is 0 Å². The molecule has 3 aromatic rings. The largest absolute Gasteiger partial charge is 0.497 e. The molecule has 4 rings (SSSR count). The van der Waals surface area contributed by atoms with Gasteiger partial charge in [-0.25, -0.2) is 4.79 Å². The SMILES string of the molecule is COc1ccc(NC(=O)N2c3ccccc3CC2c2nc(C(C)C)no2)c(OC)c1. The number of rotatable bonds is 5. The molecular formula is C22H24N4O4. The van der Waals surface area contributed by atoms with Crippen molar-refractivity contribution in [2.75, 3.05) is 24.4 Å². The fourth-order valence-electron chi connectivity index (χ4n) is 3.53. The van der Waals surface area contributed by atoms with Gasteiger partial charge < -0.3 is 19.3 Å². The zero-order valence-electron chi connectivity index (χ0n) is 17.4. The van der Waals surface area contributed by atoms with Gasteiger partial charge in [0.25, 0.3) is 0 Å².